The van der Waals surface area contributed by atoms with E-state index in [1.807, 2.05) is 66.7 Å². The lowest BCUT2D eigenvalue weighted by Gasteiger charge is -2.43. The van der Waals surface area contributed by atoms with Crippen LogP contribution in [0, 0.1) is 17.8 Å². The summed E-state index contributed by atoms with van der Waals surface area (Å²) in [6.45, 7) is 0.152. The number of amides is 3. The first-order valence-electron chi connectivity index (χ1n) is 15.2. The molecule has 0 radical (unpaired) electrons. The lowest BCUT2D eigenvalue weighted by molar-refractivity contribution is -0.137. The maximum atomic E-state index is 13.6. The Morgan fingerprint density at radius 2 is 1.76 bits per heavy atom. The SMILES string of the molecule is COC(=O)N1C(=O)[C@@H]2[C@@H](CC(COc3ccccc3)=C3[C@@H](CC/C(=C/c4ccc(O)cc4Cl)c4ccccc4)OB(O)C[C@@H]32)C1=O. The summed E-state index contributed by atoms with van der Waals surface area (Å²) in [5.74, 6) is -2.66. The molecular weight excluding hydrogens is 609 g/mol. The lowest BCUT2D eigenvalue weighted by atomic mass is 9.58. The molecule has 2 N–H and O–H groups in total. The largest absolute Gasteiger partial charge is 0.508 e. The molecule has 0 unspecified atom stereocenters. The summed E-state index contributed by atoms with van der Waals surface area (Å²) in [6, 6.07) is 23.9. The average Bonchev–Trinajstić information content (AvgIpc) is 3.31. The van der Waals surface area contributed by atoms with Crippen molar-refractivity contribution in [2.75, 3.05) is 13.7 Å². The van der Waals surface area contributed by atoms with Crippen molar-refractivity contribution in [3.05, 3.63) is 106 Å². The van der Waals surface area contributed by atoms with Gasteiger partial charge in [0.25, 0.3) is 0 Å². The summed E-state index contributed by atoms with van der Waals surface area (Å²) < 4.78 is 17.1. The van der Waals surface area contributed by atoms with Crippen molar-refractivity contribution in [2.45, 2.75) is 31.7 Å². The van der Waals surface area contributed by atoms with Crippen LogP contribution < -0.4 is 4.74 Å². The van der Waals surface area contributed by atoms with Crippen LogP contribution in [0.2, 0.25) is 11.3 Å². The Labute approximate surface area is 272 Å². The van der Waals surface area contributed by atoms with E-state index in [9.17, 15) is 24.5 Å². The van der Waals surface area contributed by atoms with E-state index in [0.717, 1.165) is 35.0 Å². The summed E-state index contributed by atoms with van der Waals surface area (Å²) in [7, 11) is -0.0509. The van der Waals surface area contributed by atoms with Gasteiger partial charge in [-0.1, -0.05) is 60.1 Å². The van der Waals surface area contributed by atoms with Gasteiger partial charge in [-0.2, -0.15) is 4.90 Å². The number of hydrogen-bond acceptors (Lipinski definition) is 8. The maximum absolute atomic E-state index is 13.6. The van der Waals surface area contributed by atoms with E-state index in [0.29, 0.717) is 28.5 Å². The zero-order valence-corrected chi connectivity index (χ0v) is 25.9. The van der Waals surface area contributed by atoms with Gasteiger partial charge in [0.1, 0.15) is 18.1 Å². The molecule has 0 aromatic heterocycles. The van der Waals surface area contributed by atoms with Crippen LogP contribution in [0.5, 0.6) is 11.5 Å². The minimum absolute atomic E-state index is 0.0672. The first kappa shape index (κ1) is 31.6. The van der Waals surface area contributed by atoms with E-state index in [4.69, 9.17) is 25.7 Å². The molecule has 236 valence electrons. The van der Waals surface area contributed by atoms with Gasteiger partial charge in [-0.15, -0.1) is 0 Å². The van der Waals surface area contributed by atoms with Crippen LogP contribution in [0.25, 0.3) is 11.6 Å². The summed E-state index contributed by atoms with van der Waals surface area (Å²) in [5.41, 5.74) is 4.29. The fourth-order valence-corrected chi connectivity index (χ4v) is 7.14. The minimum Gasteiger partial charge on any atom is -0.508 e. The number of allylic oxidation sites excluding steroid dienone is 1. The topological polar surface area (TPSA) is 123 Å². The monoisotopic (exact) mass is 641 g/mol. The van der Waals surface area contributed by atoms with Crippen LogP contribution in [0.1, 0.15) is 30.4 Å². The average molecular weight is 642 g/mol. The second-order valence-electron chi connectivity index (χ2n) is 11.7. The highest BCUT2D eigenvalue weighted by Gasteiger charge is 2.59. The third-order valence-corrected chi connectivity index (χ3v) is 9.28. The van der Waals surface area contributed by atoms with E-state index >= 15 is 0 Å². The van der Waals surface area contributed by atoms with Crippen LogP contribution in [-0.2, 0) is 19.0 Å². The Morgan fingerprint density at radius 1 is 1.04 bits per heavy atom. The van der Waals surface area contributed by atoms with Crippen LogP contribution >= 0.6 is 11.6 Å². The molecule has 3 aliphatic rings. The summed E-state index contributed by atoms with van der Waals surface area (Å²) in [6.07, 6.45) is 1.61. The number of carbonyl (C=O) groups excluding carboxylic acids is 3. The molecule has 2 aliphatic heterocycles. The van der Waals surface area contributed by atoms with Crippen LogP contribution in [-0.4, -0.2) is 59.9 Å². The number of rotatable bonds is 8. The normalized spacial score (nSPS) is 22.9. The van der Waals surface area contributed by atoms with E-state index < -0.39 is 48.9 Å². The maximum Gasteiger partial charge on any atom is 0.455 e. The summed E-state index contributed by atoms with van der Waals surface area (Å²) >= 11 is 6.47. The molecule has 6 rings (SSSR count). The van der Waals surface area contributed by atoms with Gasteiger partial charge in [0, 0.05) is 0 Å². The van der Waals surface area contributed by atoms with E-state index in [-0.39, 0.29) is 25.1 Å². The van der Waals surface area contributed by atoms with Crippen LogP contribution in [0.3, 0.4) is 0 Å². The molecule has 9 nitrogen and oxygen atoms in total. The zero-order chi connectivity index (χ0) is 32.4. The Morgan fingerprint density at radius 3 is 2.46 bits per heavy atom. The molecule has 0 bridgehead atoms. The molecule has 2 heterocycles. The molecule has 4 atom stereocenters. The molecule has 3 aromatic carbocycles. The first-order valence-corrected chi connectivity index (χ1v) is 15.6. The second-order valence-corrected chi connectivity index (χ2v) is 12.1. The molecule has 3 aromatic rings. The van der Waals surface area contributed by atoms with Gasteiger partial charge in [-0.3, -0.25) is 9.59 Å². The Bertz CT molecular complexity index is 1700. The highest BCUT2D eigenvalue weighted by Crippen LogP contribution is 2.51. The van der Waals surface area contributed by atoms with E-state index in [2.05, 4.69) is 0 Å². The van der Waals surface area contributed by atoms with Crippen molar-refractivity contribution >= 4 is 48.3 Å². The number of benzene rings is 3. The summed E-state index contributed by atoms with van der Waals surface area (Å²) in [5, 5.41) is 21.2. The smallest absolute Gasteiger partial charge is 0.455 e. The van der Waals surface area contributed by atoms with Gasteiger partial charge in [-0.25, -0.2) is 4.79 Å². The minimum atomic E-state index is -1.18. The lowest BCUT2D eigenvalue weighted by Crippen LogP contribution is -2.46. The van der Waals surface area contributed by atoms with E-state index in [1.54, 1.807) is 12.1 Å². The number of likely N-dealkylation sites (tertiary alicyclic amines) is 1. The highest BCUT2D eigenvalue weighted by atomic mass is 35.5. The van der Waals surface area contributed by atoms with Crippen molar-refractivity contribution in [2.24, 2.45) is 17.8 Å². The van der Waals surface area contributed by atoms with Crippen molar-refractivity contribution in [1.82, 2.24) is 4.90 Å². The zero-order valence-electron chi connectivity index (χ0n) is 25.2. The number of aromatic hydroxyl groups is 1. The third-order valence-electron chi connectivity index (χ3n) is 8.96. The fraction of sp³-hybridized carbons (Fsp3) is 0.286. The number of imide groups is 3. The Hall–Kier alpha value is -4.38. The van der Waals surface area contributed by atoms with Crippen LogP contribution in [0.15, 0.2) is 90.0 Å². The van der Waals surface area contributed by atoms with Crippen molar-refractivity contribution < 1.29 is 38.6 Å². The highest BCUT2D eigenvalue weighted by molar-refractivity contribution is 6.43. The molecule has 1 aliphatic carbocycles. The van der Waals surface area contributed by atoms with Crippen LogP contribution in [0.4, 0.5) is 4.79 Å². The number of methoxy groups -OCH3 is 1. The number of phenolic OH excluding ortho intramolecular Hbond substituents is 1. The molecular formula is C35H33BClNO8. The first-order chi connectivity index (χ1) is 22.2. The number of phenols is 1. The standard InChI is InChI=1S/C35H33BClNO8/c1-44-35(42)38-33(40)27-17-24(20-45-26-10-6-3-7-11-26)31-28(32(27)34(38)41)19-36(43)46-30(31)15-13-22(21-8-4-2-5-9-21)16-23-12-14-25(39)18-29(23)37/h2-12,14,16,18,27-28,30,32,39,43H,13,15,17,19-20H2,1H3/b22-16-/t27-,28+,30-,32-/m1/s1. The predicted molar refractivity (Wildman–Crippen MR) is 173 cm³/mol. The quantitative estimate of drug-likeness (QED) is 0.133. The fourth-order valence-electron chi connectivity index (χ4n) is 6.91. The number of fused-ring (bicyclic) bond motifs is 3. The molecule has 0 saturated carbocycles. The van der Waals surface area contributed by atoms with Gasteiger partial charge in [0.15, 0.2) is 0 Å². The predicted octanol–water partition coefficient (Wildman–Crippen LogP) is 6.01. The Kier molecular flexibility index (Phi) is 9.30. The van der Waals surface area contributed by atoms with E-state index in [1.165, 1.54) is 6.07 Å². The molecule has 11 heteroatoms. The second kappa shape index (κ2) is 13.5. The van der Waals surface area contributed by atoms with Gasteiger partial charge in [-0.05, 0) is 95.8 Å². The molecule has 2 saturated heterocycles. The van der Waals surface area contributed by atoms with Crippen molar-refractivity contribution in [3.63, 3.8) is 0 Å². The van der Waals surface area contributed by atoms with Gasteiger partial charge in [0.05, 0.1) is 30.1 Å². The number of hydrogen-bond donors (Lipinski definition) is 2. The third kappa shape index (κ3) is 6.33. The van der Waals surface area contributed by atoms with Gasteiger partial charge >= 0.3 is 13.2 Å². The molecule has 2 fully saturated rings. The van der Waals surface area contributed by atoms with Gasteiger partial charge in [0.2, 0.25) is 11.8 Å². The Balaban J connectivity index is 1.36. The number of halogens is 1. The molecule has 0 spiro atoms. The van der Waals surface area contributed by atoms with Gasteiger partial charge < -0.3 is 24.3 Å². The summed E-state index contributed by atoms with van der Waals surface area (Å²) in [4.78, 5) is 40.1. The number of carbonyl (C=O) groups is 3. The number of ether oxygens (including phenoxy) is 2. The number of para-hydroxylation sites is 1. The molecule has 46 heavy (non-hydrogen) atoms. The van der Waals surface area contributed by atoms with Crippen molar-refractivity contribution in [3.8, 4) is 11.5 Å². The molecule has 3 amide bonds. The van der Waals surface area contributed by atoms with Crippen molar-refractivity contribution in [1.29, 1.82) is 0 Å². The number of nitrogens with zero attached hydrogens (tertiary/aromatic N) is 1.